The van der Waals surface area contributed by atoms with Gasteiger partial charge in [-0.2, -0.15) is 13.2 Å². The molecule has 1 fully saturated rings. The van der Waals surface area contributed by atoms with Gasteiger partial charge < -0.3 is 5.32 Å². The first-order valence-corrected chi connectivity index (χ1v) is 5.99. The van der Waals surface area contributed by atoms with Gasteiger partial charge in [-0.25, -0.2) is 0 Å². The van der Waals surface area contributed by atoms with E-state index in [1.165, 1.54) is 0 Å². The Balaban J connectivity index is 2.61. The van der Waals surface area contributed by atoms with Gasteiger partial charge >= 0.3 is 6.18 Å². The Morgan fingerprint density at radius 3 is 2.44 bits per heavy atom. The average Bonchev–Trinajstić information content (AvgIpc) is 2.62. The molecule has 0 aromatic rings. The smallest absolute Gasteiger partial charge is 0.315 e. The minimum Gasteiger partial charge on any atom is -0.315 e. The number of hydrogen-bond donors (Lipinski definition) is 1. The molecule has 96 valence electrons. The lowest BCUT2D eigenvalue weighted by Crippen LogP contribution is -2.46. The van der Waals surface area contributed by atoms with Gasteiger partial charge in [-0.1, -0.05) is 20.3 Å². The summed E-state index contributed by atoms with van der Waals surface area (Å²) in [5.74, 6) is 0.355. The third-order valence-electron chi connectivity index (χ3n) is 3.19. The van der Waals surface area contributed by atoms with Gasteiger partial charge in [0.25, 0.3) is 0 Å². The molecule has 0 radical (unpaired) electrons. The van der Waals surface area contributed by atoms with E-state index in [0.717, 1.165) is 19.4 Å². The van der Waals surface area contributed by atoms with Crippen LogP contribution in [0, 0.1) is 5.92 Å². The first-order valence-electron chi connectivity index (χ1n) is 5.99. The van der Waals surface area contributed by atoms with E-state index < -0.39 is 12.7 Å². The lowest BCUT2D eigenvalue weighted by atomic mass is 9.99. The minimum absolute atomic E-state index is 0.0478. The fourth-order valence-electron chi connectivity index (χ4n) is 2.44. The summed E-state index contributed by atoms with van der Waals surface area (Å²) in [6.07, 6.45) is -2.38. The zero-order chi connectivity index (χ0) is 12.2. The first-order chi connectivity index (χ1) is 7.48. The van der Waals surface area contributed by atoms with E-state index in [0.29, 0.717) is 19.0 Å². The van der Waals surface area contributed by atoms with Crippen molar-refractivity contribution in [3.63, 3.8) is 0 Å². The SMILES string of the molecule is CCCN(CC(F)(F)F)C1CNCC1CC. The van der Waals surface area contributed by atoms with E-state index >= 15 is 0 Å². The molecule has 2 atom stereocenters. The second-order valence-corrected chi connectivity index (χ2v) is 4.48. The van der Waals surface area contributed by atoms with Crippen LogP contribution in [0.1, 0.15) is 26.7 Å². The van der Waals surface area contributed by atoms with Crippen LogP contribution in [0.2, 0.25) is 0 Å². The number of hydrogen-bond acceptors (Lipinski definition) is 2. The standard InChI is InChI=1S/C11H21F3N2/c1-3-5-16(8-11(12,13)14)10-7-15-6-9(10)4-2/h9-10,15H,3-8H2,1-2H3. The summed E-state index contributed by atoms with van der Waals surface area (Å²) in [7, 11) is 0. The van der Waals surface area contributed by atoms with Gasteiger partial charge in [0, 0.05) is 12.6 Å². The van der Waals surface area contributed by atoms with E-state index in [4.69, 9.17) is 0 Å². The molecule has 2 nitrogen and oxygen atoms in total. The quantitative estimate of drug-likeness (QED) is 0.790. The van der Waals surface area contributed by atoms with Crippen LogP contribution < -0.4 is 5.32 Å². The predicted molar refractivity (Wildman–Crippen MR) is 58.4 cm³/mol. The largest absolute Gasteiger partial charge is 0.401 e. The highest BCUT2D eigenvalue weighted by atomic mass is 19.4. The highest BCUT2D eigenvalue weighted by molar-refractivity contribution is 4.88. The molecule has 1 heterocycles. The highest BCUT2D eigenvalue weighted by Gasteiger charge is 2.37. The lowest BCUT2D eigenvalue weighted by Gasteiger charge is -2.32. The molecule has 1 rings (SSSR count). The Labute approximate surface area is 95.2 Å². The number of halogens is 3. The monoisotopic (exact) mass is 238 g/mol. The second kappa shape index (κ2) is 5.87. The molecule has 0 aliphatic carbocycles. The molecule has 0 bridgehead atoms. The number of nitrogens with one attached hydrogen (secondary N) is 1. The van der Waals surface area contributed by atoms with Crippen molar-refractivity contribution in [1.29, 1.82) is 0 Å². The third kappa shape index (κ3) is 3.94. The molecule has 5 heteroatoms. The van der Waals surface area contributed by atoms with Crippen LogP contribution in [-0.2, 0) is 0 Å². The molecule has 0 spiro atoms. The molecule has 0 aromatic carbocycles. The predicted octanol–water partition coefficient (Wildman–Crippen LogP) is 2.26. The Kier molecular flexibility index (Phi) is 5.05. The van der Waals surface area contributed by atoms with E-state index in [1.54, 1.807) is 4.90 Å². The number of nitrogens with zero attached hydrogens (tertiary/aromatic N) is 1. The first kappa shape index (κ1) is 13.8. The number of rotatable bonds is 5. The van der Waals surface area contributed by atoms with Crippen molar-refractivity contribution in [1.82, 2.24) is 10.2 Å². The fourth-order valence-corrected chi connectivity index (χ4v) is 2.44. The van der Waals surface area contributed by atoms with E-state index in [2.05, 4.69) is 5.32 Å². The summed E-state index contributed by atoms with van der Waals surface area (Å²) in [5, 5.41) is 3.19. The summed E-state index contributed by atoms with van der Waals surface area (Å²) in [6.45, 7) is 5.26. The van der Waals surface area contributed by atoms with Crippen molar-refractivity contribution < 1.29 is 13.2 Å². The molecule has 1 saturated heterocycles. The minimum atomic E-state index is -4.09. The Bertz CT molecular complexity index is 206. The van der Waals surface area contributed by atoms with Crippen LogP contribution >= 0.6 is 0 Å². The van der Waals surface area contributed by atoms with Crippen LogP contribution in [0.4, 0.5) is 13.2 Å². The van der Waals surface area contributed by atoms with Crippen molar-refractivity contribution in [2.75, 3.05) is 26.2 Å². The van der Waals surface area contributed by atoms with Crippen LogP contribution in [0.5, 0.6) is 0 Å². The highest BCUT2D eigenvalue weighted by Crippen LogP contribution is 2.24. The molecule has 1 N–H and O–H groups in total. The maximum absolute atomic E-state index is 12.5. The van der Waals surface area contributed by atoms with E-state index in [1.807, 2.05) is 13.8 Å². The average molecular weight is 238 g/mol. The third-order valence-corrected chi connectivity index (χ3v) is 3.19. The lowest BCUT2D eigenvalue weighted by molar-refractivity contribution is -0.151. The molecular weight excluding hydrogens is 217 g/mol. The molecular formula is C11H21F3N2. The van der Waals surface area contributed by atoms with Gasteiger partial charge in [0.2, 0.25) is 0 Å². The zero-order valence-corrected chi connectivity index (χ0v) is 9.98. The fraction of sp³-hybridized carbons (Fsp3) is 1.00. The van der Waals surface area contributed by atoms with Crippen LogP contribution in [0.3, 0.4) is 0 Å². The Morgan fingerprint density at radius 1 is 1.25 bits per heavy atom. The molecule has 0 aromatic heterocycles. The summed E-state index contributed by atoms with van der Waals surface area (Å²) >= 11 is 0. The maximum atomic E-state index is 12.5. The van der Waals surface area contributed by atoms with Crippen molar-refractivity contribution in [2.24, 2.45) is 5.92 Å². The molecule has 1 aliphatic rings. The zero-order valence-electron chi connectivity index (χ0n) is 9.98. The van der Waals surface area contributed by atoms with Crippen molar-refractivity contribution in [3.05, 3.63) is 0 Å². The maximum Gasteiger partial charge on any atom is 0.401 e. The van der Waals surface area contributed by atoms with Crippen LogP contribution in [-0.4, -0.2) is 43.3 Å². The van der Waals surface area contributed by atoms with E-state index in [9.17, 15) is 13.2 Å². The van der Waals surface area contributed by atoms with E-state index in [-0.39, 0.29) is 6.04 Å². The van der Waals surface area contributed by atoms with Gasteiger partial charge in [-0.05, 0) is 25.4 Å². The summed E-state index contributed by atoms with van der Waals surface area (Å²) in [5.41, 5.74) is 0. The summed E-state index contributed by atoms with van der Waals surface area (Å²) < 4.78 is 37.4. The van der Waals surface area contributed by atoms with Crippen molar-refractivity contribution in [2.45, 2.75) is 38.9 Å². The second-order valence-electron chi connectivity index (χ2n) is 4.48. The molecule has 16 heavy (non-hydrogen) atoms. The molecule has 2 unspecified atom stereocenters. The topological polar surface area (TPSA) is 15.3 Å². The van der Waals surface area contributed by atoms with Gasteiger partial charge in [-0.15, -0.1) is 0 Å². The summed E-state index contributed by atoms with van der Waals surface area (Å²) in [4.78, 5) is 1.59. The van der Waals surface area contributed by atoms with Crippen LogP contribution in [0.15, 0.2) is 0 Å². The van der Waals surface area contributed by atoms with Gasteiger partial charge in [0.1, 0.15) is 0 Å². The number of alkyl halides is 3. The summed E-state index contributed by atoms with van der Waals surface area (Å²) in [6, 6.07) is 0.0478. The molecule has 1 aliphatic heterocycles. The van der Waals surface area contributed by atoms with Gasteiger partial charge in [0.15, 0.2) is 0 Å². The van der Waals surface area contributed by atoms with Crippen molar-refractivity contribution >= 4 is 0 Å². The van der Waals surface area contributed by atoms with Crippen LogP contribution in [0.25, 0.3) is 0 Å². The van der Waals surface area contributed by atoms with Gasteiger partial charge in [-0.3, -0.25) is 4.90 Å². The van der Waals surface area contributed by atoms with Gasteiger partial charge in [0.05, 0.1) is 6.54 Å². The van der Waals surface area contributed by atoms with Crippen molar-refractivity contribution in [3.8, 4) is 0 Å². The Morgan fingerprint density at radius 2 is 1.94 bits per heavy atom. The Hall–Kier alpha value is -0.290. The molecule has 0 amide bonds. The normalized spacial score (nSPS) is 26.6. The molecule has 0 saturated carbocycles.